The van der Waals surface area contributed by atoms with Crippen molar-refractivity contribution in [1.29, 1.82) is 0 Å². The van der Waals surface area contributed by atoms with E-state index >= 15 is 0 Å². The van der Waals surface area contributed by atoms with Crippen LogP contribution in [0.15, 0.2) is 72.9 Å². The van der Waals surface area contributed by atoms with Crippen LogP contribution < -0.4 is 10.5 Å². The smallest absolute Gasteiger partial charge is 0.310 e. The number of hydrogen-bond acceptors (Lipinski definition) is 5. The monoisotopic (exact) mass is 492 g/mol. The number of para-hydroxylation sites is 1. The van der Waals surface area contributed by atoms with Gasteiger partial charge in [0, 0.05) is 17.1 Å². The Balaban J connectivity index is 1.41. The number of carbonyl (C=O) groups excluding carboxylic acids is 1. The van der Waals surface area contributed by atoms with Gasteiger partial charge in [-0.25, -0.2) is 4.98 Å². The van der Waals surface area contributed by atoms with Crippen molar-refractivity contribution in [2.75, 3.05) is 12.3 Å². The number of fused-ring (bicyclic) bond motifs is 3. The van der Waals surface area contributed by atoms with Gasteiger partial charge in [0.1, 0.15) is 17.7 Å². The van der Waals surface area contributed by atoms with Crippen molar-refractivity contribution < 1.29 is 14.3 Å². The molecule has 1 heterocycles. The number of nitrogens with zero attached hydrogens (tertiary/aromatic N) is 1. The summed E-state index contributed by atoms with van der Waals surface area (Å²) < 4.78 is 12.0. The van der Waals surface area contributed by atoms with Crippen molar-refractivity contribution in [3.8, 4) is 16.9 Å². The molecule has 1 fully saturated rings. The highest BCUT2D eigenvalue weighted by Crippen LogP contribution is 2.55. The van der Waals surface area contributed by atoms with Gasteiger partial charge in [0.2, 0.25) is 0 Å². The average molecular weight is 493 g/mol. The highest BCUT2D eigenvalue weighted by Gasteiger charge is 2.46. The Hall–Kier alpha value is -3.86. The van der Waals surface area contributed by atoms with Crippen LogP contribution in [0.25, 0.3) is 21.9 Å². The van der Waals surface area contributed by atoms with Gasteiger partial charge in [-0.2, -0.15) is 0 Å². The molecule has 0 aliphatic heterocycles. The Kier molecular flexibility index (Phi) is 6.07. The van der Waals surface area contributed by atoms with Crippen molar-refractivity contribution in [3.63, 3.8) is 0 Å². The Morgan fingerprint density at radius 3 is 2.70 bits per heavy atom. The molecule has 0 saturated heterocycles. The lowest BCUT2D eigenvalue weighted by Crippen LogP contribution is -2.19. The van der Waals surface area contributed by atoms with E-state index < -0.39 is 0 Å². The van der Waals surface area contributed by atoms with Gasteiger partial charge in [-0.1, -0.05) is 61.4 Å². The van der Waals surface area contributed by atoms with E-state index in [4.69, 9.17) is 15.2 Å². The van der Waals surface area contributed by atoms with E-state index in [1.165, 1.54) is 36.8 Å². The molecule has 2 aliphatic rings. The molecule has 0 bridgehead atoms. The van der Waals surface area contributed by atoms with Crippen LogP contribution in [-0.2, 0) is 21.4 Å². The van der Waals surface area contributed by atoms with Gasteiger partial charge in [0.15, 0.2) is 0 Å². The van der Waals surface area contributed by atoms with Crippen LogP contribution in [0.3, 0.4) is 0 Å². The molecule has 6 rings (SSSR count). The summed E-state index contributed by atoms with van der Waals surface area (Å²) in [7, 11) is 0. The average Bonchev–Trinajstić information content (AvgIpc) is 3.50. The maximum absolute atomic E-state index is 12.2. The summed E-state index contributed by atoms with van der Waals surface area (Å²) in [4.78, 5) is 16.5. The zero-order valence-corrected chi connectivity index (χ0v) is 21.2. The van der Waals surface area contributed by atoms with Crippen molar-refractivity contribution in [2.45, 2.75) is 57.0 Å². The number of pyridine rings is 1. The quantitative estimate of drug-likeness (QED) is 0.296. The highest BCUT2D eigenvalue weighted by atomic mass is 16.5. The molecule has 1 unspecified atom stereocenters. The van der Waals surface area contributed by atoms with Crippen LogP contribution in [0.1, 0.15) is 61.8 Å². The second-order valence-electron chi connectivity index (χ2n) is 10.3. The molecule has 0 radical (unpaired) electrons. The molecule has 5 heteroatoms. The molecule has 1 atom stereocenters. The van der Waals surface area contributed by atoms with Gasteiger partial charge in [0.25, 0.3) is 0 Å². The fourth-order valence-corrected chi connectivity index (χ4v) is 6.45. The van der Waals surface area contributed by atoms with Gasteiger partial charge < -0.3 is 15.2 Å². The highest BCUT2D eigenvalue weighted by molar-refractivity contribution is 6.01. The number of hydrogen-bond donors (Lipinski definition) is 1. The summed E-state index contributed by atoms with van der Waals surface area (Å²) in [5.41, 5.74) is 12.2. The van der Waals surface area contributed by atoms with Crippen LogP contribution in [0, 0.1) is 0 Å². The summed E-state index contributed by atoms with van der Waals surface area (Å²) in [6.07, 6.45) is 7.77. The van der Waals surface area contributed by atoms with Crippen LogP contribution >= 0.6 is 0 Å². The predicted octanol–water partition coefficient (Wildman–Crippen LogP) is 6.93. The molecular weight excluding hydrogens is 460 g/mol. The molecule has 1 aromatic heterocycles. The molecule has 2 N–H and O–H groups in total. The van der Waals surface area contributed by atoms with E-state index in [1.807, 2.05) is 49.4 Å². The maximum Gasteiger partial charge on any atom is 0.310 e. The van der Waals surface area contributed by atoms with Gasteiger partial charge in [-0.05, 0) is 77.4 Å². The summed E-state index contributed by atoms with van der Waals surface area (Å²) in [5, 5.41) is 2.06. The number of carbonyl (C=O) groups is 1. The first-order valence-electron chi connectivity index (χ1n) is 13.3. The van der Waals surface area contributed by atoms with E-state index in [0.29, 0.717) is 12.4 Å². The zero-order valence-electron chi connectivity index (χ0n) is 21.2. The normalized spacial score (nSPS) is 17.7. The van der Waals surface area contributed by atoms with Crippen molar-refractivity contribution in [1.82, 2.24) is 4.98 Å². The molecule has 188 valence electrons. The Labute approximate surface area is 217 Å². The van der Waals surface area contributed by atoms with E-state index in [9.17, 15) is 4.79 Å². The Bertz CT molecular complexity index is 1470. The molecule has 2 aliphatic carbocycles. The van der Waals surface area contributed by atoms with E-state index in [2.05, 4.69) is 29.2 Å². The minimum absolute atomic E-state index is 0.0712. The first-order valence-corrected chi connectivity index (χ1v) is 13.3. The van der Waals surface area contributed by atoms with E-state index in [1.54, 1.807) is 6.20 Å². The number of rotatable bonds is 6. The molecule has 4 aromatic rings. The molecule has 1 spiro atoms. The molecule has 37 heavy (non-hydrogen) atoms. The number of ether oxygens (including phenoxy) is 2. The van der Waals surface area contributed by atoms with Crippen molar-refractivity contribution >= 4 is 22.6 Å². The minimum Gasteiger partial charge on any atom is -0.485 e. The number of nitrogen functional groups attached to an aromatic ring is 1. The molecule has 1 saturated carbocycles. The summed E-state index contributed by atoms with van der Waals surface area (Å²) in [6.45, 7) is 2.20. The predicted molar refractivity (Wildman–Crippen MR) is 147 cm³/mol. The second-order valence-corrected chi connectivity index (χ2v) is 10.3. The standard InChI is InChI=1S/C32H32N2O3/c1-2-36-30(35)19-22-8-3-4-11-28(22)37-29-20-32(15-5-6-16-32)27-13-12-21(18-26(27)29)23-9-7-10-25-24(23)14-17-34-31(25)33/h3-4,7-14,17-18,29H,2,5-6,15-16,19-20H2,1H3,(H2,33,34). The lowest BCUT2D eigenvalue weighted by Gasteiger charge is -2.25. The van der Waals surface area contributed by atoms with E-state index in [0.717, 1.165) is 39.6 Å². The van der Waals surface area contributed by atoms with Gasteiger partial charge >= 0.3 is 5.97 Å². The molecule has 5 nitrogen and oxygen atoms in total. The molecule has 0 amide bonds. The maximum atomic E-state index is 12.2. The number of nitrogens with two attached hydrogens (primary N) is 1. The Morgan fingerprint density at radius 1 is 1.03 bits per heavy atom. The van der Waals surface area contributed by atoms with Gasteiger partial charge in [-0.15, -0.1) is 0 Å². The first-order chi connectivity index (χ1) is 18.1. The fourth-order valence-electron chi connectivity index (χ4n) is 6.45. The second kappa shape index (κ2) is 9.55. The SMILES string of the molecule is CCOC(=O)Cc1ccccc1OC1CC2(CCCC2)c2ccc(-c3cccc4c(N)nccc34)cc21. The topological polar surface area (TPSA) is 74.4 Å². The van der Waals surface area contributed by atoms with Gasteiger partial charge in [-0.3, -0.25) is 4.79 Å². The van der Waals surface area contributed by atoms with E-state index in [-0.39, 0.29) is 23.9 Å². The lowest BCUT2D eigenvalue weighted by molar-refractivity contribution is -0.142. The molecule has 3 aromatic carbocycles. The number of benzene rings is 3. The number of esters is 1. The van der Waals surface area contributed by atoms with Crippen LogP contribution in [0.4, 0.5) is 5.82 Å². The van der Waals surface area contributed by atoms with Crippen molar-refractivity contribution in [2.24, 2.45) is 0 Å². The third-order valence-corrected chi connectivity index (χ3v) is 8.14. The van der Waals surface area contributed by atoms with Crippen molar-refractivity contribution in [3.05, 3.63) is 89.6 Å². The fraction of sp³-hybridized carbons (Fsp3) is 0.312. The largest absolute Gasteiger partial charge is 0.485 e. The Morgan fingerprint density at radius 2 is 1.86 bits per heavy atom. The molecular formula is C32H32N2O3. The lowest BCUT2D eigenvalue weighted by atomic mass is 9.80. The van der Waals surface area contributed by atoms with Gasteiger partial charge in [0.05, 0.1) is 13.0 Å². The number of aromatic nitrogens is 1. The third-order valence-electron chi connectivity index (χ3n) is 8.14. The first kappa shape index (κ1) is 23.5. The van der Waals surface area contributed by atoms with Crippen LogP contribution in [0.5, 0.6) is 5.75 Å². The van der Waals surface area contributed by atoms with Crippen LogP contribution in [-0.4, -0.2) is 17.6 Å². The summed E-state index contributed by atoms with van der Waals surface area (Å²) in [6, 6.07) is 23.0. The number of anilines is 1. The third kappa shape index (κ3) is 4.22. The minimum atomic E-state index is -0.232. The zero-order chi connectivity index (χ0) is 25.4. The van der Waals surface area contributed by atoms with Crippen LogP contribution in [0.2, 0.25) is 0 Å². The summed E-state index contributed by atoms with van der Waals surface area (Å²) in [5.74, 6) is 1.07. The summed E-state index contributed by atoms with van der Waals surface area (Å²) >= 11 is 0.